The van der Waals surface area contributed by atoms with Crippen LogP contribution in [0, 0.1) is 0 Å². The minimum Gasteiger partial charge on any atom is -0.481 e. The summed E-state index contributed by atoms with van der Waals surface area (Å²) < 4.78 is 5.02. The van der Waals surface area contributed by atoms with Gasteiger partial charge >= 0.3 is 0 Å². The molecule has 0 aliphatic carbocycles. The van der Waals surface area contributed by atoms with Gasteiger partial charge in [0.1, 0.15) is 5.15 Å². The minimum absolute atomic E-state index is 0.0225. The molecule has 0 atom stereocenters. The lowest BCUT2D eigenvalue weighted by Crippen LogP contribution is -2.47. The highest BCUT2D eigenvalue weighted by atomic mass is 35.5. The van der Waals surface area contributed by atoms with Gasteiger partial charge in [0.25, 0.3) is 5.91 Å². The molecule has 0 aromatic carbocycles. The monoisotopic (exact) mass is 269 g/mol. The Kier molecular flexibility index (Phi) is 4.04. The number of nitrogens with zero attached hydrogens (tertiary/aromatic N) is 3. The number of methoxy groups -OCH3 is 1. The van der Waals surface area contributed by atoms with Crippen molar-refractivity contribution in [2.45, 2.75) is 0 Å². The molecular weight excluding hydrogens is 254 g/mol. The van der Waals surface area contributed by atoms with E-state index in [1.165, 1.54) is 7.11 Å². The number of hydrogen-bond donors (Lipinski definition) is 0. The molecule has 1 amide bonds. The van der Waals surface area contributed by atoms with Crippen LogP contribution in [-0.4, -0.2) is 61.0 Å². The van der Waals surface area contributed by atoms with E-state index in [1.54, 1.807) is 12.1 Å². The van der Waals surface area contributed by atoms with Crippen LogP contribution in [0.5, 0.6) is 5.88 Å². The standard InChI is InChI=1S/C12H16ClN3O2/c1-15-3-5-16(6-4-15)12(17)9-7-10(13)14-11(8-9)18-2/h7-8H,3-6H2,1-2H3. The minimum atomic E-state index is -0.0225. The Hall–Kier alpha value is -1.33. The Morgan fingerprint density at radius 2 is 2.00 bits per heavy atom. The topological polar surface area (TPSA) is 45.7 Å². The van der Waals surface area contributed by atoms with Crippen molar-refractivity contribution in [3.63, 3.8) is 0 Å². The molecule has 2 heterocycles. The summed E-state index contributed by atoms with van der Waals surface area (Å²) in [6.07, 6.45) is 0. The normalized spacial score (nSPS) is 16.7. The summed E-state index contributed by atoms with van der Waals surface area (Å²) in [5.74, 6) is 0.339. The fourth-order valence-electron chi connectivity index (χ4n) is 1.89. The number of amides is 1. The summed E-state index contributed by atoms with van der Waals surface area (Å²) in [6, 6.07) is 3.19. The van der Waals surface area contributed by atoms with Gasteiger partial charge in [-0.15, -0.1) is 0 Å². The lowest BCUT2D eigenvalue weighted by molar-refractivity contribution is 0.0663. The summed E-state index contributed by atoms with van der Waals surface area (Å²) in [7, 11) is 3.55. The highest BCUT2D eigenvalue weighted by molar-refractivity contribution is 6.29. The van der Waals surface area contributed by atoms with Crippen molar-refractivity contribution in [1.29, 1.82) is 0 Å². The smallest absolute Gasteiger partial charge is 0.254 e. The zero-order chi connectivity index (χ0) is 13.1. The highest BCUT2D eigenvalue weighted by Crippen LogP contribution is 2.18. The second kappa shape index (κ2) is 5.54. The lowest BCUT2D eigenvalue weighted by Gasteiger charge is -2.32. The highest BCUT2D eigenvalue weighted by Gasteiger charge is 2.21. The molecule has 5 nitrogen and oxygen atoms in total. The van der Waals surface area contributed by atoms with Gasteiger partial charge in [0.05, 0.1) is 7.11 Å². The first-order chi connectivity index (χ1) is 8.60. The SMILES string of the molecule is COc1cc(C(=O)N2CCN(C)CC2)cc(Cl)n1. The molecule has 1 fully saturated rings. The molecule has 2 rings (SSSR count). The predicted molar refractivity (Wildman–Crippen MR) is 69.2 cm³/mol. The van der Waals surface area contributed by atoms with Crippen LogP contribution in [0.15, 0.2) is 12.1 Å². The van der Waals surface area contributed by atoms with Crippen molar-refractivity contribution in [2.24, 2.45) is 0 Å². The molecule has 18 heavy (non-hydrogen) atoms. The van der Waals surface area contributed by atoms with Crippen molar-refractivity contribution in [3.05, 3.63) is 22.8 Å². The number of likely N-dealkylation sites (N-methyl/N-ethyl adjacent to an activating group) is 1. The molecule has 0 spiro atoms. The summed E-state index contributed by atoms with van der Waals surface area (Å²) in [4.78, 5) is 20.3. The van der Waals surface area contributed by atoms with E-state index in [4.69, 9.17) is 16.3 Å². The Bertz CT molecular complexity index is 445. The second-order valence-corrected chi connectivity index (χ2v) is 4.70. The molecule has 1 aliphatic rings. The molecule has 0 unspecified atom stereocenters. The number of pyridine rings is 1. The van der Waals surface area contributed by atoms with E-state index in [-0.39, 0.29) is 11.1 Å². The van der Waals surface area contributed by atoms with Crippen LogP contribution in [-0.2, 0) is 0 Å². The van der Waals surface area contributed by atoms with E-state index in [1.807, 2.05) is 11.9 Å². The van der Waals surface area contributed by atoms with Crippen LogP contribution in [0.1, 0.15) is 10.4 Å². The molecule has 0 bridgehead atoms. The number of hydrogen-bond acceptors (Lipinski definition) is 4. The van der Waals surface area contributed by atoms with Crippen LogP contribution in [0.2, 0.25) is 5.15 Å². The number of halogens is 1. The fourth-order valence-corrected chi connectivity index (χ4v) is 2.09. The van der Waals surface area contributed by atoms with Crippen LogP contribution < -0.4 is 4.74 Å². The molecular formula is C12H16ClN3O2. The van der Waals surface area contributed by atoms with Crippen molar-refractivity contribution in [3.8, 4) is 5.88 Å². The predicted octanol–water partition coefficient (Wildman–Crippen LogP) is 1.13. The van der Waals surface area contributed by atoms with E-state index >= 15 is 0 Å². The lowest BCUT2D eigenvalue weighted by atomic mass is 10.2. The molecule has 1 aliphatic heterocycles. The van der Waals surface area contributed by atoms with Crippen LogP contribution in [0.25, 0.3) is 0 Å². The van der Waals surface area contributed by atoms with Gasteiger partial charge in [-0.1, -0.05) is 11.6 Å². The first-order valence-corrected chi connectivity index (χ1v) is 6.17. The average molecular weight is 270 g/mol. The van der Waals surface area contributed by atoms with Gasteiger partial charge in [-0.25, -0.2) is 4.98 Å². The van der Waals surface area contributed by atoms with Crippen molar-refractivity contribution in [1.82, 2.24) is 14.8 Å². The Labute approximate surface area is 111 Å². The summed E-state index contributed by atoms with van der Waals surface area (Å²) in [5, 5.41) is 0.270. The maximum atomic E-state index is 12.3. The third-order valence-corrected chi connectivity index (χ3v) is 3.21. The number of carbonyl (C=O) groups is 1. The van der Waals surface area contributed by atoms with Crippen molar-refractivity contribution >= 4 is 17.5 Å². The number of carbonyl (C=O) groups excluding carboxylic acids is 1. The van der Waals surface area contributed by atoms with E-state index < -0.39 is 0 Å². The zero-order valence-electron chi connectivity index (χ0n) is 10.5. The van der Waals surface area contributed by atoms with E-state index in [0.29, 0.717) is 11.4 Å². The molecule has 1 aromatic heterocycles. The quantitative estimate of drug-likeness (QED) is 0.755. The average Bonchev–Trinajstić information content (AvgIpc) is 2.38. The van der Waals surface area contributed by atoms with Gasteiger partial charge in [0.15, 0.2) is 0 Å². The van der Waals surface area contributed by atoms with Gasteiger partial charge in [0, 0.05) is 37.8 Å². The molecule has 0 saturated carbocycles. The maximum Gasteiger partial charge on any atom is 0.254 e. The molecule has 1 saturated heterocycles. The van der Waals surface area contributed by atoms with E-state index in [2.05, 4.69) is 9.88 Å². The van der Waals surface area contributed by atoms with Crippen LogP contribution in [0.3, 0.4) is 0 Å². The Balaban J connectivity index is 2.15. The zero-order valence-corrected chi connectivity index (χ0v) is 11.3. The summed E-state index contributed by atoms with van der Waals surface area (Å²) in [5.41, 5.74) is 0.524. The van der Waals surface area contributed by atoms with Gasteiger partial charge < -0.3 is 14.5 Å². The third kappa shape index (κ3) is 2.91. The van der Waals surface area contributed by atoms with Crippen molar-refractivity contribution in [2.75, 3.05) is 40.3 Å². The third-order valence-electron chi connectivity index (χ3n) is 3.02. The number of piperazine rings is 1. The molecule has 1 aromatic rings. The van der Waals surface area contributed by atoms with Crippen molar-refractivity contribution < 1.29 is 9.53 Å². The van der Waals surface area contributed by atoms with E-state index in [0.717, 1.165) is 26.2 Å². The molecule has 0 radical (unpaired) electrons. The first-order valence-electron chi connectivity index (χ1n) is 5.79. The second-order valence-electron chi connectivity index (χ2n) is 4.32. The fraction of sp³-hybridized carbons (Fsp3) is 0.500. The summed E-state index contributed by atoms with van der Waals surface area (Å²) in [6.45, 7) is 3.25. The number of aromatic nitrogens is 1. The number of rotatable bonds is 2. The van der Waals surface area contributed by atoms with Gasteiger partial charge in [0.2, 0.25) is 5.88 Å². The molecule has 98 valence electrons. The maximum absolute atomic E-state index is 12.3. The van der Waals surface area contributed by atoms with Crippen LogP contribution >= 0.6 is 11.6 Å². The van der Waals surface area contributed by atoms with Crippen LogP contribution in [0.4, 0.5) is 0 Å². The Morgan fingerprint density at radius 3 is 2.61 bits per heavy atom. The first kappa shape index (κ1) is 13.1. The summed E-state index contributed by atoms with van der Waals surface area (Å²) >= 11 is 5.86. The number of ether oxygens (including phenoxy) is 1. The molecule has 6 heteroatoms. The largest absolute Gasteiger partial charge is 0.481 e. The van der Waals surface area contributed by atoms with Gasteiger partial charge in [-0.2, -0.15) is 0 Å². The van der Waals surface area contributed by atoms with Gasteiger partial charge in [-0.3, -0.25) is 4.79 Å². The van der Waals surface area contributed by atoms with Gasteiger partial charge in [-0.05, 0) is 13.1 Å². The molecule has 0 N–H and O–H groups in total. The van der Waals surface area contributed by atoms with E-state index in [9.17, 15) is 4.79 Å². The Morgan fingerprint density at radius 1 is 1.33 bits per heavy atom.